The summed E-state index contributed by atoms with van der Waals surface area (Å²) in [7, 11) is 0. The van der Waals surface area contributed by atoms with Crippen LogP contribution in [0.4, 0.5) is 11.8 Å². The first kappa shape index (κ1) is 13.5. The molecule has 1 aromatic rings. The smallest absolute Gasteiger partial charge is 0.222 e. The molecule has 1 atom stereocenters. The molecular formula is C12H20BrN5. The molecular weight excluding hydrogens is 294 g/mol. The molecule has 18 heavy (non-hydrogen) atoms. The lowest BCUT2D eigenvalue weighted by Crippen LogP contribution is -2.49. The van der Waals surface area contributed by atoms with Crippen molar-refractivity contribution < 1.29 is 0 Å². The minimum Gasteiger partial charge on any atom is -0.368 e. The number of anilines is 2. The Morgan fingerprint density at radius 3 is 2.67 bits per heavy atom. The zero-order chi connectivity index (χ0) is 13.1. The van der Waals surface area contributed by atoms with Crippen LogP contribution in [0, 0.1) is 0 Å². The molecule has 2 N–H and O–H groups in total. The monoisotopic (exact) mass is 313 g/mol. The molecule has 0 bridgehead atoms. The van der Waals surface area contributed by atoms with E-state index < -0.39 is 0 Å². The highest BCUT2D eigenvalue weighted by atomic mass is 79.9. The third-order valence-corrected chi connectivity index (χ3v) is 4.13. The van der Waals surface area contributed by atoms with E-state index in [1.54, 1.807) is 6.20 Å². The van der Waals surface area contributed by atoms with Gasteiger partial charge >= 0.3 is 0 Å². The van der Waals surface area contributed by atoms with Gasteiger partial charge < -0.3 is 10.6 Å². The summed E-state index contributed by atoms with van der Waals surface area (Å²) in [5.41, 5.74) is 5.65. The Morgan fingerprint density at radius 1 is 1.39 bits per heavy atom. The van der Waals surface area contributed by atoms with Crippen molar-refractivity contribution in [1.29, 1.82) is 0 Å². The lowest BCUT2D eigenvalue weighted by molar-refractivity contribution is 0.192. The molecule has 1 saturated heterocycles. The van der Waals surface area contributed by atoms with Crippen molar-refractivity contribution in [3.05, 3.63) is 10.7 Å². The van der Waals surface area contributed by atoms with Gasteiger partial charge in [-0.25, -0.2) is 4.98 Å². The normalized spacial score (nSPS) is 18.9. The van der Waals surface area contributed by atoms with Crippen LogP contribution in [-0.4, -0.2) is 47.1 Å². The van der Waals surface area contributed by atoms with Crippen LogP contribution >= 0.6 is 15.9 Å². The molecule has 0 aliphatic carbocycles. The Kier molecular flexibility index (Phi) is 4.40. The number of nitrogens with zero attached hydrogens (tertiary/aromatic N) is 4. The molecule has 0 amide bonds. The van der Waals surface area contributed by atoms with Gasteiger partial charge in [0.25, 0.3) is 0 Å². The van der Waals surface area contributed by atoms with Crippen LogP contribution in [0.1, 0.15) is 20.3 Å². The van der Waals surface area contributed by atoms with E-state index in [1.165, 1.54) is 6.42 Å². The largest absolute Gasteiger partial charge is 0.368 e. The Hall–Kier alpha value is -0.880. The van der Waals surface area contributed by atoms with Crippen molar-refractivity contribution in [3.63, 3.8) is 0 Å². The number of halogens is 1. The molecule has 5 nitrogen and oxygen atoms in total. The molecule has 1 aliphatic heterocycles. The quantitative estimate of drug-likeness (QED) is 0.921. The number of hydrogen-bond donors (Lipinski definition) is 1. The van der Waals surface area contributed by atoms with Gasteiger partial charge in [0.1, 0.15) is 5.82 Å². The van der Waals surface area contributed by atoms with Gasteiger partial charge in [0.05, 0.1) is 4.47 Å². The second kappa shape index (κ2) is 5.84. The number of nitrogen functional groups attached to an aromatic ring is 1. The summed E-state index contributed by atoms with van der Waals surface area (Å²) in [5.74, 6) is 1.24. The average Bonchev–Trinajstić information content (AvgIpc) is 2.41. The van der Waals surface area contributed by atoms with Crippen molar-refractivity contribution in [1.82, 2.24) is 14.9 Å². The molecule has 0 spiro atoms. The summed E-state index contributed by atoms with van der Waals surface area (Å²) in [6, 6.07) is 0.658. The van der Waals surface area contributed by atoms with Crippen LogP contribution < -0.4 is 10.6 Å². The van der Waals surface area contributed by atoms with Gasteiger partial charge in [-0.3, -0.25) is 4.90 Å². The van der Waals surface area contributed by atoms with Crippen LogP contribution in [-0.2, 0) is 0 Å². The lowest BCUT2D eigenvalue weighted by atomic mass is 10.2. The molecule has 0 aromatic carbocycles. The fourth-order valence-electron chi connectivity index (χ4n) is 2.23. The summed E-state index contributed by atoms with van der Waals surface area (Å²) in [6.07, 6.45) is 2.92. The van der Waals surface area contributed by atoms with Gasteiger partial charge in [-0.1, -0.05) is 6.92 Å². The first-order chi connectivity index (χ1) is 8.61. The second-order valence-electron chi connectivity index (χ2n) is 4.68. The first-order valence-corrected chi connectivity index (χ1v) is 7.18. The van der Waals surface area contributed by atoms with Gasteiger partial charge in [-0.2, -0.15) is 4.98 Å². The van der Waals surface area contributed by atoms with Crippen LogP contribution in [0.25, 0.3) is 0 Å². The summed E-state index contributed by atoms with van der Waals surface area (Å²) in [6.45, 7) is 8.64. The molecule has 0 saturated carbocycles. The van der Waals surface area contributed by atoms with Crippen molar-refractivity contribution >= 4 is 27.7 Å². The Labute approximate surface area is 117 Å². The fourth-order valence-corrected chi connectivity index (χ4v) is 2.67. The van der Waals surface area contributed by atoms with Gasteiger partial charge in [-0.05, 0) is 29.3 Å². The maximum absolute atomic E-state index is 5.65. The molecule has 1 aliphatic rings. The molecule has 1 aromatic heterocycles. The Bertz CT molecular complexity index is 403. The van der Waals surface area contributed by atoms with E-state index in [0.717, 1.165) is 36.5 Å². The van der Waals surface area contributed by atoms with Crippen molar-refractivity contribution in [3.8, 4) is 0 Å². The highest BCUT2D eigenvalue weighted by Gasteiger charge is 2.22. The van der Waals surface area contributed by atoms with Crippen molar-refractivity contribution in [2.75, 3.05) is 36.8 Å². The predicted octanol–water partition coefficient (Wildman–Crippen LogP) is 1.74. The average molecular weight is 314 g/mol. The number of piperazine rings is 1. The summed E-state index contributed by atoms with van der Waals surface area (Å²) < 4.78 is 0.911. The zero-order valence-electron chi connectivity index (χ0n) is 10.9. The van der Waals surface area contributed by atoms with E-state index in [2.05, 4.69) is 49.5 Å². The maximum atomic E-state index is 5.65. The topological polar surface area (TPSA) is 58.3 Å². The van der Waals surface area contributed by atoms with Crippen molar-refractivity contribution in [2.24, 2.45) is 0 Å². The molecule has 2 rings (SSSR count). The SMILES string of the molecule is CCC(C)N1CCN(c2nc(N)ncc2Br)CC1. The van der Waals surface area contributed by atoms with Gasteiger partial charge in [0.2, 0.25) is 5.95 Å². The van der Waals surface area contributed by atoms with E-state index >= 15 is 0 Å². The van der Waals surface area contributed by atoms with Crippen molar-refractivity contribution in [2.45, 2.75) is 26.3 Å². The number of rotatable bonds is 3. The summed E-state index contributed by atoms with van der Waals surface area (Å²) in [4.78, 5) is 13.1. The highest BCUT2D eigenvalue weighted by molar-refractivity contribution is 9.10. The molecule has 0 radical (unpaired) electrons. The number of hydrogen-bond acceptors (Lipinski definition) is 5. The number of aromatic nitrogens is 2. The predicted molar refractivity (Wildman–Crippen MR) is 77.7 cm³/mol. The van der Waals surface area contributed by atoms with Crippen LogP contribution in [0.5, 0.6) is 0 Å². The minimum atomic E-state index is 0.331. The maximum Gasteiger partial charge on any atom is 0.222 e. The fraction of sp³-hybridized carbons (Fsp3) is 0.667. The third kappa shape index (κ3) is 2.92. The minimum absolute atomic E-state index is 0.331. The summed E-state index contributed by atoms with van der Waals surface area (Å²) in [5, 5.41) is 0. The zero-order valence-corrected chi connectivity index (χ0v) is 12.5. The molecule has 100 valence electrons. The van der Waals surface area contributed by atoms with E-state index in [0.29, 0.717) is 12.0 Å². The van der Waals surface area contributed by atoms with Crippen LogP contribution in [0.2, 0.25) is 0 Å². The van der Waals surface area contributed by atoms with Crippen LogP contribution in [0.3, 0.4) is 0 Å². The molecule has 1 fully saturated rings. The lowest BCUT2D eigenvalue weighted by Gasteiger charge is -2.38. The van der Waals surface area contributed by atoms with E-state index in [1.807, 2.05) is 0 Å². The van der Waals surface area contributed by atoms with Crippen LogP contribution in [0.15, 0.2) is 10.7 Å². The standard InChI is InChI=1S/C12H20BrN5/c1-3-9(2)17-4-6-18(7-5-17)11-10(13)8-15-12(14)16-11/h8-9H,3-7H2,1-2H3,(H2,14,15,16). The number of nitrogens with two attached hydrogens (primary N) is 1. The van der Waals surface area contributed by atoms with Gasteiger partial charge in [-0.15, -0.1) is 0 Å². The van der Waals surface area contributed by atoms with Gasteiger partial charge in [0, 0.05) is 38.4 Å². The molecule has 2 heterocycles. The van der Waals surface area contributed by atoms with E-state index in [4.69, 9.17) is 5.73 Å². The van der Waals surface area contributed by atoms with E-state index in [-0.39, 0.29) is 0 Å². The summed E-state index contributed by atoms with van der Waals surface area (Å²) >= 11 is 3.49. The molecule has 1 unspecified atom stereocenters. The Balaban J connectivity index is 2.03. The first-order valence-electron chi connectivity index (χ1n) is 6.38. The Morgan fingerprint density at radius 2 is 2.06 bits per heavy atom. The van der Waals surface area contributed by atoms with Gasteiger partial charge in [0.15, 0.2) is 0 Å². The third-order valence-electron chi connectivity index (χ3n) is 3.57. The second-order valence-corrected chi connectivity index (χ2v) is 5.53. The highest BCUT2D eigenvalue weighted by Crippen LogP contribution is 2.25. The molecule has 6 heteroatoms. The van der Waals surface area contributed by atoms with E-state index in [9.17, 15) is 0 Å².